The molecule has 30 heavy (non-hydrogen) atoms. The molecular weight excluding hydrogens is 426 g/mol. The van der Waals surface area contributed by atoms with E-state index in [1.165, 1.54) is 12.1 Å². The molecule has 1 saturated heterocycles. The van der Waals surface area contributed by atoms with E-state index in [4.69, 9.17) is 10.5 Å². The summed E-state index contributed by atoms with van der Waals surface area (Å²) in [5, 5.41) is 9.80. The number of anilines is 1. The van der Waals surface area contributed by atoms with Crippen molar-refractivity contribution in [2.24, 2.45) is 10.9 Å². The number of amides is 1. The van der Waals surface area contributed by atoms with Crippen LogP contribution in [0.1, 0.15) is 32.8 Å². The summed E-state index contributed by atoms with van der Waals surface area (Å²) in [7, 11) is 0. The minimum atomic E-state index is -4.56. The molecule has 1 aromatic carbocycles. The van der Waals surface area contributed by atoms with Gasteiger partial charge in [-0.1, -0.05) is 11.8 Å². The van der Waals surface area contributed by atoms with Crippen LogP contribution in [0.3, 0.4) is 0 Å². The number of fused-ring (bicyclic) bond motifs is 1. The Balaban J connectivity index is 2.16. The minimum Gasteiger partial charge on any atom is -0.465 e. The lowest BCUT2D eigenvalue weighted by atomic mass is 9.74. The van der Waals surface area contributed by atoms with E-state index in [1.54, 1.807) is 20.8 Å². The van der Waals surface area contributed by atoms with E-state index >= 15 is 0 Å². The molecule has 6 nitrogen and oxygen atoms in total. The van der Waals surface area contributed by atoms with Crippen molar-refractivity contribution in [2.75, 3.05) is 18.1 Å². The normalized spacial score (nSPS) is 27.2. The summed E-state index contributed by atoms with van der Waals surface area (Å²) in [4.78, 5) is 17.5. The highest BCUT2D eigenvalue weighted by Gasteiger charge is 2.56. The number of aliphatic imine (C=N–C) groups is 1. The molecule has 1 fully saturated rings. The number of hydrogen-bond donors (Lipinski definition) is 2. The fourth-order valence-corrected chi connectivity index (χ4v) is 5.28. The zero-order chi connectivity index (χ0) is 22.5. The molecule has 3 N–H and O–H groups in total. The molecule has 2 aliphatic rings. The lowest BCUT2D eigenvalue weighted by Crippen LogP contribution is -2.56. The van der Waals surface area contributed by atoms with Gasteiger partial charge in [-0.15, -0.1) is 0 Å². The van der Waals surface area contributed by atoms with Crippen LogP contribution in [0.25, 0.3) is 0 Å². The van der Waals surface area contributed by atoms with E-state index in [0.717, 1.165) is 22.7 Å². The Morgan fingerprint density at radius 3 is 2.60 bits per heavy atom. The SMILES string of the molecule is CC(C)(C)N(C(=O)O)C1=NC2(c3cc(N)ccc3F)COC(C(F)(F)F)CC2CS1. The number of amidine groups is 1. The molecular formula is C19H23F4N3O3S. The topological polar surface area (TPSA) is 88.2 Å². The molecule has 3 rings (SSSR count). The summed E-state index contributed by atoms with van der Waals surface area (Å²) in [6, 6.07) is 3.80. The van der Waals surface area contributed by atoms with Crippen molar-refractivity contribution in [3.05, 3.63) is 29.6 Å². The zero-order valence-corrected chi connectivity index (χ0v) is 17.5. The maximum absolute atomic E-state index is 14.8. The quantitative estimate of drug-likeness (QED) is 0.489. The van der Waals surface area contributed by atoms with Crippen LogP contribution in [0.4, 0.5) is 28.0 Å². The smallest absolute Gasteiger partial charge is 0.414 e. The second-order valence-electron chi connectivity index (χ2n) is 8.43. The van der Waals surface area contributed by atoms with Crippen molar-refractivity contribution in [1.29, 1.82) is 0 Å². The van der Waals surface area contributed by atoms with E-state index < -0.39 is 54.2 Å². The third-order valence-corrected chi connectivity index (χ3v) is 6.36. The van der Waals surface area contributed by atoms with Crippen LogP contribution in [-0.2, 0) is 10.3 Å². The Labute approximate surface area is 175 Å². The zero-order valence-electron chi connectivity index (χ0n) is 16.7. The van der Waals surface area contributed by atoms with Gasteiger partial charge in [-0.05, 0) is 45.4 Å². The van der Waals surface area contributed by atoms with Crippen LogP contribution in [0.5, 0.6) is 0 Å². The van der Waals surface area contributed by atoms with Crippen molar-refractivity contribution in [3.8, 4) is 0 Å². The van der Waals surface area contributed by atoms with E-state index in [0.29, 0.717) is 0 Å². The molecule has 0 bridgehead atoms. The molecule has 2 heterocycles. The number of alkyl halides is 3. The first kappa shape index (κ1) is 22.7. The van der Waals surface area contributed by atoms with Gasteiger partial charge in [0, 0.05) is 28.5 Å². The summed E-state index contributed by atoms with van der Waals surface area (Å²) in [6.07, 6.45) is -8.23. The maximum atomic E-state index is 14.8. The minimum absolute atomic E-state index is 0.00479. The van der Waals surface area contributed by atoms with Gasteiger partial charge in [-0.2, -0.15) is 13.2 Å². The lowest BCUT2D eigenvalue weighted by Gasteiger charge is -2.48. The van der Waals surface area contributed by atoms with Gasteiger partial charge in [0.25, 0.3) is 0 Å². The molecule has 0 aromatic heterocycles. The van der Waals surface area contributed by atoms with Crippen molar-refractivity contribution in [1.82, 2.24) is 4.90 Å². The lowest BCUT2D eigenvalue weighted by molar-refractivity contribution is -0.245. The molecule has 1 amide bonds. The van der Waals surface area contributed by atoms with Gasteiger partial charge in [0.2, 0.25) is 0 Å². The molecule has 0 aliphatic carbocycles. The van der Waals surface area contributed by atoms with Crippen molar-refractivity contribution in [3.63, 3.8) is 0 Å². The summed E-state index contributed by atoms with van der Waals surface area (Å²) in [5.41, 5.74) is 3.66. The fourth-order valence-electron chi connectivity index (χ4n) is 3.81. The number of thioether (sulfide) groups is 1. The second kappa shape index (κ2) is 7.60. The number of hydrogen-bond acceptors (Lipinski definition) is 5. The highest BCUT2D eigenvalue weighted by molar-refractivity contribution is 8.13. The molecule has 0 radical (unpaired) electrons. The van der Waals surface area contributed by atoms with Crippen LogP contribution in [0, 0.1) is 11.7 Å². The maximum Gasteiger partial charge on any atom is 0.414 e. The molecule has 0 spiro atoms. The molecule has 1 aromatic rings. The van der Waals surface area contributed by atoms with Gasteiger partial charge in [0.1, 0.15) is 11.4 Å². The number of nitrogens with zero attached hydrogens (tertiary/aromatic N) is 2. The van der Waals surface area contributed by atoms with E-state index in [9.17, 15) is 27.5 Å². The Bertz CT molecular complexity index is 872. The van der Waals surface area contributed by atoms with Gasteiger partial charge in [-0.3, -0.25) is 4.90 Å². The second-order valence-corrected chi connectivity index (χ2v) is 9.42. The number of nitrogen functional groups attached to an aromatic ring is 1. The number of carbonyl (C=O) groups is 1. The predicted molar refractivity (Wildman–Crippen MR) is 106 cm³/mol. The van der Waals surface area contributed by atoms with Crippen LogP contribution in [-0.4, -0.2) is 51.4 Å². The number of ether oxygens (including phenoxy) is 1. The van der Waals surface area contributed by atoms with Crippen molar-refractivity contribution >= 4 is 28.7 Å². The molecule has 11 heteroatoms. The summed E-state index contributed by atoms with van der Waals surface area (Å²) >= 11 is 1.05. The average Bonchev–Trinajstić information content (AvgIpc) is 2.60. The monoisotopic (exact) mass is 449 g/mol. The van der Waals surface area contributed by atoms with Gasteiger partial charge < -0.3 is 15.6 Å². The average molecular weight is 449 g/mol. The Morgan fingerprint density at radius 2 is 2.03 bits per heavy atom. The summed E-state index contributed by atoms with van der Waals surface area (Å²) in [6.45, 7) is 4.47. The molecule has 2 aliphatic heterocycles. The number of carboxylic acid groups (broad SMARTS) is 1. The molecule has 0 saturated carbocycles. The first-order valence-corrected chi connectivity index (χ1v) is 10.2. The van der Waals surface area contributed by atoms with Gasteiger partial charge >= 0.3 is 12.3 Å². The number of rotatable bonds is 1. The van der Waals surface area contributed by atoms with Crippen LogP contribution < -0.4 is 5.73 Å². The fraction of sp³-hybridized carbons (Fsp3) is 0.579. The van der Waals surface area contributed by atoms with Crippen LogP contribution in [0.2, 0.25) is 0 Å². The summed E-state index contributed by atoms with van der Waals surface area (Å²) in [5.74, 6) is -1.28. The Hall–Kier alpha value is -2.01. The summed E-state index contributed by atoms with van der Waals surface area (Å²) < 4.78 is 59.8. The number of benzene rings is 1. The molecule has 166 valence electrons. The Morgan fingerprint density at radius 1 is 1.37 bits per heavy atom. The largest absolute Gasteiger partial charge is 0.465 e. The third-order valence-electron chi connectivity index (χ3n) is 5.26. The number of nitrogens with two attached hydrogens (primary N) is 1. The van der Waals surface area contributed by atoms with Gasteiger partial charge in [-0.25, -0.2) is 14.2 Å². The van der Waals surface area contributed by atoms with E-state index in [-0.39, 0.29) is 22.2 Å². The molecule has 3 unspecified atom stereocenters. The molecule has 3 atom stereocenters. The standard InChI is InChI=1S/C19H23F4N3O3S/c1-17(2,3)26(16(27)28)15-25-18(12-7-11(24)4-5-13(12)20)9-29-14(19(21,22)23)6-10(18)8-30-15/h4-5,7,10,14H,6,8-9,24H2,1-3H3,(H,27,28). The number of halogens is 4. The van der Waals surface area contributed by atoms with Gasteiger partial charge in [0.15, 0.2) is 11.3 Å². The van der Waals surface area contributed by atoms with E-state index in [1.807, 2.05) is 0 Å². The highest BCUT2D eigenvalue weighted by Crippen LogP contribution is 2.50. The Kier molecular flexibility index (Phi) is 5.74. The first-order chi connectivity index (χ1) is 13.8. The van der Waals surface area contributed by atoms with Gasteiger partial charge in [0.05, 0.1) is 6.61 Å². The predicted octanol–water partition coefficient (Wildman–Crippen LogP) is 4.45. The highest BCUT2D eigenvalue weighted by atomic mass is 32.2. The third kappa shape index (κ3) is 4.09. The van der Waals surface area contributed by atoms with E-state index in [2.05, 4.69) is 4.99 Å². The first-order valence-electron chi connectivity index (χ1n) is 9.25. The van der Waals surface area contributed by atoms with Crippen LogP contribution >= 0.6 is 11.8 Å². The van der Waals surface area contributed by atoms with Crippen LogP contribution in [0.15, 0.2) is 23.2 Å². The van der Waals surface area contributed by atoms with Crippen molar-refractivity contribution < 1.29 is 32.2 Å². The van der Waals surface area contributed by atoms with Crippen molar-refractivity contribution in [2.45, 2.75) is 50.6 Å².